The Kier molecular flexibility index (Phi) is 11.7. The van der Waals surface area contributed by atoms with E-state index in [1.165, 1.54) is 106 Å². The minimum Gasteiger partial charge on any atom is -0.406 e. The highest BCUT2D eigenvalue weighted by Gasteiger charge is 2.33. The number of ether oxygens (including phenoxy) is 2. The van der Waals surface area contributed by atoms with Crippen LogP contribution in [0.4, 0.5) is 26.3 Å². The summed E-state index contributed by atoms with van der Waals surface area (Å²) >= 11 is 0. The number of benzene rings is 2. The van der Waals surface area contributed by atoms with Gasteiger partial charge >= 0.3 is 12.7 Å². The Bertz CT molecular complexity index is 1390. The van der Waals surface area contributed by atoms with Gasteiger partial charge in [0.15, 0.2) is 0 Å². The predicted molar refractivity (Wildman–Crippen MR) is 175 cm³/mol. The molecule has 0 atom stereocenters. The van der Waals surface area contributed by atoms with E-state index in [4.69, 9.17) is 0 Å². The summed E-state index contributed by atoms with van der Waals surface area (Å²) in [5.41, 5.74) is 7.00. The lowest BCUT2D eigenvalue weighted by Crippen LogP contribution is -2.18. The van der Waals surface area contributed by atoms with Gasteiger partial charge in [-0.15, -0.1) is 26.3 Å². The van der Waals surface area contributed by atoms with Gasteiger partial charge in [0, 0.05) is 0 Å². The molecule has 2 fully saturated rings. The van der Waals surface area contributed by atoms with Crippen molar-refractivity contribution in [1.29, 1.82) is 0 Å². The van der Waals surface area contributed by atoms with Crippen LogP contribution in [0.15, 0.2) is 47.5 Å². The number of aryl methyl sites for hydroxylation is 2. The number of rotatable bonds is 7. The standard InChI is InChI=1S/C20H25F3O.C19H23F3O/c1-2-3-14-4-6-15(7-5-14)16-8-9-18-13-19(24-20(21,22)23)11-10-17(18)12-16;1-2-13-3-5-14(6-4-13)15-7-8-17-12-18(23-19(20,21)22)10-9-16(17)11-15/h10-15H,2-9H2,1H3;9-14H,2-8H2,1H3. The summed E-state index contributed by atoms with van der Waals surface area (Å²) in [6.07, 6.45) is 12.9. The summed E-state index contributed by atoms with van der Waals surface area (Å²) < 4.78 is 81.9. The normalized spacial score (nSPS) is 24.5. The average Bonchev–Trinajstić information content (AvgIpc) is 3.04. The third-order valence-electron chi connectivity index (χ3n) is 10.8. The molecule has 0 aliphatic heterocycles. The lowest BCUT2D eigenvalue weighted by Gasteiger charge is -2.31. The minimum absolute atomic E-state index is 0.113. The van der Waals surface area contributed by atoms with Gasteiger partial charge in [0.25, 0.3) is 0 Å². The maximum atomic E-state index is 12.3. The monoisotopic (exact) mass is 662 g/mol. The molecule has 2 aromatic rings. The van der Waals surface area contributed by atoms with Crippen molar-refractivity contribution in [2.75, 3.05) is 0 Å². The van der Waals surface area contributed by atoms with E-state index in [1.807, 2.05) is 0 Å². The first kappa shape index (κ1) is 35.4. The zero-order valence-electron chi connectivity index (χ0n) is 27.6. The number of hydrogen-bond acceptors (Lipinski definition) is 2. The van der Waals surface area contributed by atoms with Crippen LogP contribution in [-0.4, -0.2) is 12.7 Å². The fourth-order valence-corrected chi connectivity index (χ4v) is 8.19. The fourth-order valence-electron chi connectivity index (χ4n) is 8.19. The van der Waals surface area contributed by atoms with E-state index < -0.39 is 12.7 Å². The Balaban J connectivity index is 0.000000185. The van der Waals surface area contributed by atoms with E-state index >= 15 is 0 Å². The lowest BCUT2D eigenvalue weighted by atomic mass is 9.74. The molecular weight excluding hydrogens is 614 g/mol. The number of allylic oxidation sites excluding steroid dienone is 2. The zero-order valence-corrected chi connectivity index (χ0v) is 27.6. The zero-order chi connectivity index (χ0) is 33.6. The van der Waals surface area contributed by atoms with Gasteiger partial charge in [-0.25, -0.2) is 0 Å². The molecule has 4 aliphatic rings. The van der Waals surface area contributed by atoms with Crippen LogP contribution >= 0.6 is 0 Å². The van der Waals surface area contributed by atoms with Crippen molar-refractivity contribution in [3.63, 3.8) is 0 Å². The first-order chi connectivity index (χ1) is 22.4. The van der Waals surface area contributed by atoms with Crippen LogP contribution < -0.4 is 9.47 Å². The van der Waals surface area contributed by atoms with Crippen LogP contribution in [0.3, 0.4) is 0 Å². The molecule has 0 radical (unpaired) electrons. The molecule has 2 saturated carbocycles. The van der Waals surface area contributed by atoms with E-state index in [9.17, 15) is 26.3 Å². The van der Waals surface area contributed by atoms with Crippen molar-refractivity contribution < 1.29 is 35.8 Å². The maximum absolute atomic E-state index is 12.3. The van der Waals surface area contributed by atoms with Crippen molar-refractivity contribution in [1.82, 2.24) is 0 Å². The molecular formula is C39H48F6O2. The van der Waals surface area contributed by atoms with Crippen molar-refractivity contribution in [3.8, 4) is 11.5 Å². The average molecular weight is 663 g/mol. The Labute approximate surface area is 275 Å². The molecule has 0 bridgehead atoms. The highest BCUT2D eigenvalue weighted by Crippen LogP contribution is 2.41. The van der Waals surface area contributed by atoms with Gasteiger partial charge in [-0.2, -0.15) is 0 Å². The van der Waals surface area contributed by atoms with E-state index in [2.05, 4.69) is 35.5 Å². The van der Waals surface area contributed by atoms with Crippen molar-refractivity contribution in [2.45, 2.75) is 123 Å². The van der Waals surface area contributed by atoms with E-state index in [0.29, 0.717) is 11.8 Å². The number of hydrogen-bond donors (Lipinski definition) is 0. The molecule has 2 nitrogen and oxygen atoms in total. The fraction of sp³-hybridized carbons (Fsp3) is 0.590. The van der Waals surface area contributed by atoms with Crippen LogP contribution in [0.1, 0.15) is 120 Å². The summed E-state index contributed by atoms with van der Waals surface area (Å²) in [4.78, 5) is 0. The number of fused-ring (bicyclic) bond motifs is 2. The van der Waals surface area contributed by atoms with Gasteiger partial charge in [0.1, 0.15) is 11.5 Å². The highest BCUT2D eigenvalue weighted by molar-refractivity contribution is 5.62. The van der Waals surface area contributed by atoms with Gasteiger partial charge < -0.3 is 9.47 Å². The molecule has 6 rings (SSSR count). The Hall–Kier alpha value is -2.90. The van der Waals surface area contributed by atoms with E-state index in [1.54, 1.807) is 12.1 Å². The summed E-state index contributed by atoms with van der Waals surface area (Å²) in [5, 5.41) is 0. The van der Waals surface area contributed by atoms with Crippen LogP contribution in [0.25, 0.3) is 12.2 Å². The number of alkyl halides is 6. The van der Waals surface area contributed by atoms with Crippen LogP contribution in [-0.2, 0) is 12.8 Å². The summed E-state index contributed by atoms with van der Waals surface area (Å²) in [7, 11) is 0. The topological polar surface area (TPSA) is 18.5 Å². The third-order valence-corrected chi connectivity index (χ3v) is 10.8. The molecule has 258 valence electrons. The molecule has 0 N–H and O–H groups in total. The largest absolute Gasteiger partial charge is 0.573 e. The molecule has 2 aromatic carbocycles. The first-order valence-corrected chi connectivity index (χ1v) is 17.6. The van der Waals surface area contributed by atoms with Crippen LogP contribution in [0.5, 0.6) is 11.5 Å². The van der Waals surface area contributed by atoms with Crippen LogP contribution in [0.2, 0.25) is 0 Å². The summed E-state index contributed by atoms with van der Waals surface area (Å²) in [5.74, 6) is 2.87. The second kappa shape index (κ2) is 15.5. The number of halogens is 6. The molecule has 0 unspecified atom stereocenters. The molecule has 8 heteroatoms. The molecule has 0 amide bonds. The molecule has 0 spiro atoms. The summed E-state index contributed by atoms with van der Waals surface area (Å²) in [6, 6.07) is 9.42. The van der Waals surface area contributed by atoms with Gasteiger partial charge in [-0.3, -0.25) is 0 Å². The lowest BCUT2D eigenvalue weighted by molar-refractivity contribution is -0.275. The van der Waals surface area contributed by atoms with Crippen molar-refractivity contribution >= 4 is 12.2 Å². The maximum Gasteiger partial charge on any atom is 0.573 e. The van der Waals surface area contributed by atoms with Crippen molar-refractivity contribution in [2.24, 2.45) is 23.7 Å². The van der Waals surface area contributed by atoms with E-state index in [0.717, 1.165) is 59.8 Å². The first-order valence-electron chi connectivity index (χ1n) is 17.6. The molecule has 0 saturated heterocycles. The predicted octanol–water partition coefficient (Wildman–Crippen LogP) is 12.7. The second-order valence-corrected chi connectivity index (χ2v) is 13.9. The smallest absolute Gasteiger partial charge is 0.406 e. The van der Waals surface area contributed by atoms with Gasteiger partial charge in [0.2, 0.25) is 0 Å². The Morgan fingerprint density at radius 2 is 1.00 bits per heavy atom. The third kappa shape index (κ3) is 10.3. The highest BCUT2D eigenvalue weighted by atomic mass is 19.4. The summed E-state index contributed by atoms with van der Waals surface area (Å²) in [6.45, 7) is 4.52. The Morgan fingerprint density at radius 3 is 1.38 bits per heavy atom. The minimum atomic E-state index is -4.62. The van der Waals surface area contributed by atoms with Gasteiger partial charge in [0.05, 0.1) is 0 Å². The molecule has 0 aromatic heterocycles. The van der Waals surface area contributed by atoms with Gasteiger partial charge in [-0.1, -0.05) is 68.5 Å². The van der Waals surface area contributed by atoms with Gasteiger partial charge in [-0.05, 0) is 147 Å². The second-order valence-electron chi connectivity index (χ2n) is 13.9. The quantitative estimate of drug-likeness (QED) is 0.275. The van der Waals surface area contributed by atoms with E-state index in [-0.39, 0.29) is 11.5 Å². The SMILES string of the molecule is CCC1CCC(C2=Cc3ccc(OC(F)(F)F)cc3CC2)CC1.CCCC1CCC(C2=Cc3ccc(OC(F)(F)F)cc3CC2)CC1. The Morgan fingerprint density at radius 1 is 0.574 bits per heavy atom. The molecule has 0 heterocycles. The van der Waals surface area contributed by atoms with Crippen LogP contribution in [0, 0.1) is 23.7 Å². The molecule has 4 aliphatic carbocycles. The van der Waals surface area contributed by atoms with Crippen molar-refractivity contribution in [3.05, 3.63) is 69.8 Å². The molecule has 47 heavy (non-hydrogen) atoms.